The van der Waals surface area contributed by atoms with Crippen LogP contribution in [0.2, 0.25) is 0 Å². The first-order valence-corrected chi connectivity index (χ1v) is 11.4. The molecular formula is C26H36Br2N4. The molecule has 0 spiro atoms. The monoisotopic (exact) mass is 562 g/mol. The van der Waals surface area contributed by atoms with E-state index in [1.165, 1.54) is 72.9 Å². The van der Waals surface area contributed by atoms with Crippen LogP contribution in [-0.4, -0.2) is 9.13 Å². The lowest BCUT2D eigenvalue weighted by Gasteiger charge is -2.07. The number of unbranched alkanes of at least 4 members (excludes halogenated alkanes) is 7. The molecule has 0 radical (unpaired) electrons. The average molecular weight is 564 g/mol. The number of benzene rings is 2. The van der Waals surface area contributed by atoms with Gasteiger partial charge in [0, 0.05) is 47.0 Å². The van der Waals surface area contributed by atoms with Crippen LogP contribution in [0.15, 0.2) is 60.9 Å². The van der Waals surface area contributed by atoms with E-state index in [0.29, 0.717) is 0 Å². The number of nitrogen functional groups attached to an aromatic ring is 2. The average Bonchev–Trinajstić information content (AvgIpc) is 3.26. The first kappa shape index (κ1) is 26.3. The highest BCUT2D eigenvalue weighted by molar-refractivity contribution is 8.93. The number of aromatic nitrogens is 2. The van der Waals surface area contributed by atoms with Crippen LogP contribution in [0.1, 0.15) is 51.4 Å². The van der Waals surface area contributed by atoms with E-state index in [9.17, 15) is 0 Å². The van der Waals surface area contributed by atoms with Crippen molar-refractivity contribution >= 4 is 67.1 Å². The number of halogens is 2. The smallest absolute Gasteiger partial charge is 0.111 e. The molecule has 4 aromatic rings. The van der Waals surface area contributed by atoms with E-state index in [0.717, 1.165) is 24.7 Å². The summed E-state index contributed by atoms with van der Waals surface area (Å²) in [5.74, 6) is 1.81. The molecule has 0 fully saturated rings. The van der Waals surface area contributed by atoms with E-state index in [1.54, 1.807) is 0 Å². The van der Waals surface area contributed by atoms with Gasteiger partial charge in [-0.3, -0.25) is 0 Å². The number of nitrogens with two attached hydrogens (primary N) is 2. The van der Waals surface area contributed by atoms with Crippen molar-refractivity contribution in [1.82, 2.24) is 9.13 Å². The zero-order chi connectivity index (χ0) is 20.8. The third kappa shape index (κ3) is 6.32. The zero-order valence-electron chi connectivity index (χ0n) is 18.7. The largest absolute Gasteiger partial charge is 0.385 e. The molecule has 4 nitrogen and oxygen atoms in total. The summed E-state index contributed by atoms with van der Waals surface area (Å²) in [6.07, 6.45) is 14.6. The molecule has 0 saturated carbocycles. The van der Waals surface area contributed by atoms with Crippen LogP contribution < -0.4 is 11.5 Å². The van der Waals surface area contributed by atoms with Crippen molar-refractivity contribution in [2.75, 3.05) is 11.5 Å². The molecule has 0 aliphatic heterocycles. The van der Waals surface area contributed by atoms with Gasteiger partial charge in [-0.05, 0) is 12.8 Å². The first-order chi connectivity index (χ1) is 14.7. The van der Waals surface area contributed by atoms with Crippen LogP contribution in [0.4, 0.5) is 11.6 Å². The number of fused-ring (bicyclic) bond motifs is 2. The molecule has 4 N–H and O–H groups in total. The second kappa shape index (κ2) is 12.9. The van der Waals surface area contributed by atoms with Crippen LogP contribution in [-0.2, 0) is 13.1 Å². The molecule has 0 aliphatic carbocycles. The molecule has 6 heteroatoms. The van der Waals surface area contributed by atoms with Gasteiger partial charge in [0.15, 0.2) is 0 Å². The van der Waals surface area contributed by atoms with Crippen molar-refractivity contribution in [3.05, 3.63) is 60.9 Å². The normalized spacial score (nSPS) is 10.9. The highest BCUT2D eigenvalue weighted by atomic mass is 79.9. The Morgan fingerprint density at radius 2 is 0.844 bits per heavy atom. The second-order valence-electron chi connectivity index (χ2n) is 8.42. The fourth-order valence-electron chi connectivity index (χ4n) is 4.46. The maximum Gasteiger partial charge on any atom is 0.111 e. The summed E-state index contributed by atoms with van der Waals surface area (Å²) >= 11 is 0. The minimum Gasteiger partial charge on any atom is -0.385 e. The summed E-state index contributed by atoms with van der Waals surface area (Å²) in [7, 11) is 0. The third-order valence-corrected chi connectivity index (χ3v) is 6.23. The fraction of sp³-hybridized carbons (Fsp3) is 0.385. The van der Waals surface area contributed by atoms with Crippen molar-refractivity contribution in [3.8, 4) is 0 Å². The van der Waals surface area contributed by atoms with Crippen LogP contribution in [0.3, 0.4) is 0 Å². The third-order valence-electron chi connectivity index (χ3n) is 6.23. The Bertz CT molecular complexity index is 1010. The van der Waals surface area contributed by atoms with Gasteiger partial charge >= 0.3 is 0 Å². The topological polar surface area (TPSA) is 61.9 Å². The molecule has 0 saturated heterocycles. The number of aryl methyl sites for hydroxylation is 2. The van der Waals surface area contributed by atoms with Gasteiger partial charge in [-0.2, -0.15) is 0 Å². The van der Waals surface area contributed by atoms with Crippen molar-refractivity contribution in [2.24, 2.45) is 0 Å². The lowest BCUT2D eigenvalue weighted by atomic mass is 10.1. The minimum atomic E-state index is 0. The standard InChI is InChI=1S/C26H34N4.2BrH/c27-25-23-15-9-7-13-21(23)19-29(25)17-11-5-3-1-2-4-6-12-18-30-20-22-14-8-10-16-24(22)26(30)28;;/h7-10,13-16,19-20H,1-6,11-12,17-18,27-28H2;2*1H. The van der Waals surface area contributed by atoms with E-state index in [4.69, 9.17) is 11.5 Å². The van der Waals surface area contributed by atoms with E-state index >= 15 is 0 Å². The molecule has 2 heterocycles. The van der Waals surface area contributed by atoms with E-state index in [1.807, 2.05) is 0 Å². The quantitative estimate of drug-likeness (QED) is 0.183. The summed E-state index contributed by atoms with van der Waals surface area (Å²) in [6, 6.07) is 16.7. The predicted octanol–water partition coefficient (Wildman–Crippen LogP) is 7.74. The van der Waals surface area contributed by atoms with Crippen molar-refractivity contribution in [3.63, 3.8) is 0 Å². The Hall–Kier alpha value is -1.92. The maximum atomic E-state index is 6.27. The Morgan fingerprint density at radius 3 is 1.22 bits per heavy atom. The van der Waals surface area contributed by atoms with Crippen molar-refractivity contribution in [1.29, 1.82) is 0 Å². The van der Waals surface area contributed by atoms with Gasteiger partial charge in [0.25, 0.3) is 0 Å². The van der Waals surface area contributed by atoms with Crippen LogP contribution in [0.5, 0.6) is 0 Å². The highest BCUT2D eigenvalue weighted by Crippen LogP contribution is 2.25. The summed E-state index contributed by atoms with van der Waals surface area (Å²) in [6.45, 7) is 2.04. The summed E-state index contributed by atoms with van der Waals surface area (Å²) in [5, 5.41) is 4.83. The number of anilines is 2. The summed E-state index contributed by atoms with van der Waals surface area (Å²) < 4.78 is 4.42. The zero-order valence-corrected chi connectivity index (χ0v) is 22.1. The molecule has 0 bridgehead atoms. The number of hydrogen-bond acceptors (Lipinski definition) is 2. The fourth-order valence-corrected chi connectivity index (χ4v) is 4.46. The highest BCUT2D eigenvalue weighted by Gasteiger charge is 2.06. The van der Waals surface area contributed by atoms with Crippen LogP contribution in [0.25, 0.3) is 21.5 Å². The Morgan fingerprint density at radius 1 is 0.500 bits per heavy atom. The van der Waals surface area contributed by atoms with Gasteiger partial charge in [0.2, 0.25) is 0 Å². The summed E-state index contributed by atoms with van der Waals surface area (Å²) in [5.41, 5.74) is 12.5. The van der Waals surface area contributed by atoms with Crippen molar-refractivity contribution in [2.45, 2.75) is 64.5 Å². The van der Waals surface area contributed by atoms with Gasteiger partial charge in [-0.1, -0.05) is 87.1 Å². The van der Waals surface area contributed by atoms with Gasteiger partial charge in [-0.15, -0.1) is 34.0 Å². The Kier molecular flexibility index (Phi) is 10.7. The molecule has 0 aliphatic rings. The first-order valence-electron chi connectivity index (χ1n) is 11.4. The van der Waals surface area contributed by atoms with Gasteiger partial charge in [0.1, 0.15) is 11.6 Å². The van der Waals surface area contributed by atoms with Gasteiger partial charge in [0.05, 0.1) is 0 Å². The molecule has 0 atom stereocenters. The lowest BCUT2D eigenvalue weighted by Crippen LogP contribution is -2.01. The van der Waals surface area contributed by atoms with E-state index in [-0.39, 0.29) is 34.0 Å². The maximum absolute atomic E-state index is 6.27. The SMILES string of the molecule is Br.Br.Nc1c2ccccc2cn1CCCCCCCCCCn1cc2ccccc2c1N. The molecule has 0 amide bonds. The molecular weight excluding hydrogens is 528 g/mol. The molecule has 0 unspecified atom stereocenters. The van der Waals surface area contributed by atoms with Gasteiger partial charge < -0.3 is 20.6 Å². The lowest BCUT2D eigenvalue weighted by molar-refractivity contribution is 0.529. The molecule has 32 heavy (non-hydrogen) atoms. The molecule has 4 rings (SSSR count). The van der Waals surface area contributed by atoms with Crippen LogP contribution in [0, 0.1) is 0 Å². The van der Waals surface area contributed by atoms with E-state index < -0.39 is 0 Å². The number of hydrogen-bond donors (Lipinski definition) is 2. The Balaban J connectivity index is 0.00000181. The number of nitrogens with zero attached hydrogens (tertiary/aromatic N) is 2. The van der Waals surface area contributed by atoms with Crippen LogP contribution >= 0.6 is 34.0 Å². The second-order valence-corrected chi connectivity index (χ2v) is 8.42. The summed E-state index contributed by atoms with van der Waals surface area (Å²) in [4.78, 5) is 0. The van der Waals surface area contributed by atoms with E-state index in [2.05, 4.69) is 70.1 Å². The predicted molar refractivity (Wildman–Crippen MR) is 150 cm³/mol. The molecule has 2 aromatic carbocycles. The molecule has 174 valence electrons. The molecule has 2 aromatic heterocycles. The van der Waals surface area contributed by atoms with Gasteiger partial charge in [-0.25, -0.2) is 0 Å². The number of rotatable bonds is 11. The Labute approximate surface area is 212 Å². The van der Waals surface area contributed by atoms with Crippen molar-refractivity contribution < 1.29 is 0 Å². The minimum absolute atomic E-state index is 0.